The van der Waals surface area contributed by atoms with Crippen LogP contribution in [0.4, 0.5) is 0 Å². The van der Waals surface area contributed by atoms with Crippen LogP contribution in [0.15, 0.2) is 60.8 Å². The minimum atomic E-state index is -0.407. The summed E-state index contributed by atoms with van der Waals surface area (Å²) in [6.45, 7) is 3.36. The smallest absolute Gasteiger partial charge is 0.247 e. The number of fused-ring (bicyclic) bond motifs is 2. The van der Waals surface area contributed by atoms with Crippen LogP contribution in [0, 0.1) is 0 Å². The summed E-state index contributed by atoms with van der Waals surface area (Å²) < 4.78 is 0. The first-order chi connectivity index (χ1) is 17.6. The van der Waals surface area contributed by atoms with Gasteiger partial charge in [0.05, 0.1) is 5.52 Å². The molecule has 1 saturated carbocycles. The van der Waals surface area contributed by atoms with Crippen LogP contribution in [-0.2, 0) is 22.7 Å². The minimum absolute atomic E-state index is 0.0418. The fourth-order valence-electron chi connectivity index (χ4n) is 6.18. The Hall–Kier alpha value is -3.25. The third kappa shape index (κ3) is 4.74. The number of nitrogens with zero attached hydrogens (tertiary/aromatic N) is 4. The van der Waals surface area contributed by atoms with Crippen molar-refractivity contribution in [2.75, 3.05) is 26.2 Å². The van der Waals surface area contributed by atoms with Gasteiger partial charge < -0.3 is 9.80 Å². The Labute approximate surface area is 212 Å². The van der Waals surface area contributed by atoms with Crippen molar-refractivity contribution in [1.82, 2.24) is 19.7 Å². The molecule has 6 rings (SSSR count). The maximum Gasteiger partial charge on any atom is 0.247 e. The molecule has 0 N–H and O–H groups in total. The van der Waals surface area contributed by atoms with Crippen molar-refractivity contribution in [3.63, 3.8) is 0 Å². The predicted molar refractivity (Wildman–Crippen MR) is 140 cm³/mol. The summed E-state index contributed by atoms with van der Waals surface area (Å²) in [6, 6.07) is 18.7. The Bertz CT molecular complexity index is 1250. The van der Waals surface area contributed by atoms with Crippen LogP contribution in [0.2, 0.25) is 0 Å². The van der Waals surface area contributed by atoms with Crippen molar-refractivity contribution in [3.8, 4) is 0 Å². The van der Waals surface area contributed by atoms with E-state index in [-0.39, 0.29) is 18.4 Å². The Kier molecular flexibility index (Phi) is 6.45. The molecule has 1 atom stereocenters. The van der Waals surface area contributed by atoms with Gasteiger partial charge in [-0.1, -0.05) is 61.7 Å². The monoisotopic (exact) mass is 482 g/mol. The van der Waals surface area contributed by atoms with Gasteiger partial charge in [0.25, 0.3) is 0 Å². The Morgan fingerprint density at radius 1 is 0.861 bits per heavy atom. The number of rotatable bonds is 5. The summed E-state index contributed by atoms with van der Waals surface area (Å²) in [5.74, 6) is 0.802. The highest BCUT2D eigenvalue weighted by atomic mass is 16.2. The molecule has 6 heteroatoms. The third-order valence-electron chi connectivity index (χ3n) is 8.19. The lowest BCUT2D eigenvalue weighted by Crippen LogP contribution is -2.66. The average Bonchev–Trinajstić information content (AvgIpc) is 2.92. The normalized spacial score (nSPS) is 21.7. The summed E-state index contributed by atoms with van der Waals surface area (Å²) in [7, 11) is 0. The van der Waals surface area contributed by atoms with Crippen LogP contribution in [0.1, 0.15) is 54.7 Å². The van der Waals surface area contributed by atoms with Crippen molar-refractivity contribution >= 4 is 22.7 Å². The van der Waals surface area contributed by atoms with Gasteiger partial charge in [0, 0.05) is 44.3 Å². The lowest BCUT2D eigenvalue weighted by Gasteiger charge is -2.46. The molecular formula is C30H34N4O2. The van der Waals surface area contributed by atoms with Crippen LogP contribution < -0.4 is 0 Å². The predicted octanol–water partition coefficient (Wildman–Crippen LogP) is 4.34. The van der Waals surface area contributed by atoms with Crippen LogP contribution in [0.25, 0.3) is 10.9 Å². The van der Waals surface area contributed by atoms with E-state index >= 15 is 0 Å². The van der Waals surface area contributed by atoms with E-state index < -0.39 is 6.04 Å². The maximum atomic E-state index is 13.5. The van der Waals surface area contributed by atoms with Crippen LogP contribution in [0.3, 0.4) is 0 Å². The quantitative estimate of drug-likeness (QED) is 0.543. The molecule has 0 spiro atoms. The maximum absolute atomic E-state index is 13.5. The molecule has 2 saturated heterocycles. The number of pyridine rings is 1. The van der Waals surface area contributed by atoms with E-state index in [0.717, 1.165) is 29.6 Å². The van der Waals surface area contributed by atoms with Gasteiger partial charge in [-0.3, -0.25) is 19.5 Å². The van der Waals surface area contributed by atoms with E-state index in [1.165, 1.54) is 43.2 Å². The van der Waals surface area contributed by atoms with Gasteiger partial charge in [0.1, 0.15) is 12.6 Å². The lowest BCUT2D eigenvalue weighted by atomic mass is 9.84. The number of para-hydroxylation sites is 1. The number of carbonyl (C=O) groups is 2. The van der Waals surface area contributed by atoms with Gasteiger partial charge in [-0.2, -0.15) is 0 Å². The zero-order valence-corrected chi connectivity index (χ0v) is 20.8. The van der Waals surface area contributed by atoms with Gasteiger partial charge in [-0.15, -0.1) is 0 Å². The fraction of sp³-hybridized carbons (Fsp3) is 0.433. The highest BCUT2D eigenvalue weighted by Gasteiger charge is 2.42. The van der Waals surface area contributed by atoms with E-state index in [2.05, 4.69) is 40.2 Å². The van der Waals surface area contributed by atoms with E-state index in [0.29, 0.717) is 25.6 Å². The standard InChI is InChI=1S/C30H34N4O2/c35-29-21-33(19-23-16-26-8-4-5-9-27(26)31-17-23)30(36)28-20-32(14-15-34(28)29)18-22-10-12-25(13-11-22)24-6-2-1-3-7-24/h4-5,8-13,16-17,24,28H,1-3,6-7,14-15,18-21H2. The summed E-state index contributed by atoms with van der Waals surface area (Å²) >= 11 is 0. The number of hydrogen-bond acceptors (Lipinski definition) is 4. The Morgan fingerprint density at radius 3 is 2.50 bits per heavy atom. The van der Waals surface area contributed by atoms with Crippen molar-refractivity contribution in [3.05, 3.63) is 77.5 Å². The average molecular weight is 483 g/mol. The lowest BCUT2D eigenvalue weighted by molar-refractivity contribution is -0.160. The van der Waals surface area contributed by atoms with Crippen molar-refractivity contribution < 1.29 is 9.59 Å². The number of piperazine rings is 2. The van der Waals surface area contributed by atoms with Crippen LogP contribution in [-0.4, -0.2) is 63.7 Å². The number of aromatic nitrogens is 1. The topological polar surface area (TPSA) is 56.8 Å². The molecule has 1 unspecified atom stereocenters. The molecule has 2 aliphatic heterocycles. The highest BCUT2D eigenvalue weighted by Crippen LogP contribution is 2.32. The fourth-order valence-corrected chi connectivity index (χ4v) is 6.18. The van der Waals surface area contributed by atoms with Gasteiger partial charge in [-0.25, -0.2) is 0 Å². The molecule has 2 aromatic carbocycles. The molecular weight excluding hydrogens is 448 g/mol. The van der Waals surface area contributed by atoms with Gasteiger partial charge in [-0.05, 0) is 47.6 Å². The number of amides is 2. The summed E-state index contributed by atoms with van der Waals surface area (Å²) in [5.41, 5.74) is 4.63. The molecule has 3 aromatic rings. The second-order valence-electron chi connectivity index (χ2n) is 10.6. The molecule has 2 amide bonds. The number of hydrogen-bond donors (Lipinski definition) is 0. The van der Waals surface area contributed by atoms with E-state index in [1.807, 2.05) is 30.5 Å². The molecule has 6 nitrogen and oxygen atoms in total. The zero-order chi connectivity index (χ0) is 24.5. The zero-order valence-electron chi connectivity index (χ0n) is 20.8. The van der Waals surface area contributed by atoms with Crippen molar-refractivity contribution in [2.45, 2.75) is 57.2 Å². The van der Waals surface area contributed by atoms with Crippen LogP contribution >= 0.6 is 0 Å². The molecule has 3 aliphatic rings. The molecule has 3 heterocycles. The van der Waals surface area contributed by atoms with Crippen LogP contribution in [0.5, 0.6) is 0 Å². The summed E-state index contributed by atoms with van der Waals surface area (Å²) in [4.78, 5) is 36.8. The summed E-state index contributed by atoms with van der Waals surface area (Å²) in [5, 5.41) is 1.05. The first-order valence-corrected chi connectivity index (χ1v) is 13.4. The van der Waals surface area contributed by atoms with Gasteiger partial charge in [0.15, 0.2) is 0 Å². The first-order valence-electron chi connectivity index (χ1n) is 13.4. The second kappa shape index (κ2) is 10.0. The molecule has 0 radical (unpaired) electrons. The molecule has 3 fully saturated rings. The highest BCUT2D eigenvalue weighted by molar-refractivity contribution is 5.95. The van der Waals surface area contributed by atoms with E-state index in [9.17, 15) is 9.59 Å². The molecule has 1 aromatic heterocycles. The van der Waals surface area contributed by atoms with Gasteiger partial charge in [0.2, 0.25) is 11.8 Å². The van der Waals surface area contributed by atoms with Crippen molar-refractivity contribution in [2.24, 2.45) is 0 Å². The molecule has 0 bridgehead atoms. The SMILES string of the molecule is O=C1C2CN(Cc3ccc(C4CCCCC4)cc3)CCN2C(=O)CN1Cc1cnc2ccccc2c1. The second-order valence-corrected chi connectivity index (χ2v) is 10.6. The van der Waals surface area contributed by atoms with Crippen molar-refractivity contribution in [1.29, 1.82) is 0 Å². The van der Waals surface area contributed by atoms with Gasteiger partial charge >= 0.3 is 0 Å². The molecule has 36 heavy (non-hydrogen) atoms. The Morgan fingerprint density at radius 2 is 1.67 bits per heavy atom. The van der Waals surface area contributed by atoms with E-state index in [1.54, 1.807) is 9.80 Å². The molecule has 186 valence electrons. The largest absolute Gasteiger partial charge is 0.327 e. The van der Waals surface area contributed by atoms with E-state index in [4.69, 9.17) is 0 Å². The Balaban J connectivity index is 1.11. The summed E-state index contributed by atoms with van der Waals surface area (Å²) in [6.07, 6.45) is 8.50. The first kappa shape index (κ1) is 23.2. The third-order valence-corrected chi connectivity index (χ3v) is 8.19. The minimum Gasteiger partial charge on any atom is -0.327 e. The number of carbonyl (C=O) groups excluding carboxylic acids is 2. The molecule has 1 aliphatic carbocycles. The number of benzene rings is 2.